The van der Waals surface area contributed by atoms with Crippen molar-refractivity contribution in [3.8, 4) is 0 Å². The van der Waals surface area contributed by atoms with Gasteiger partial charge in [0.15, 0.2) is 0 Å². The highest BCUT2D eigenvalue weighted by Crippen LogP contribution is 2.18. The number of carbonyl (C=O) groups is 2. The van der Waals surface area contributed by atoms with Crippen LogP contribution in [0.4, 0.5) is 4.79 Å². The number of hydrogen-bond donors (Lipinski definition) is 2. The van der Waals surface area contributed by atoms with Gasteiger partial charge < -0.3 is 20.2 Å². The summed E-state index contributed by atoms with van der Waals surface area (Å²) in [5.74, 6) is -0.243. The molecular weight excluding hydrogens is 270 g/mol. The van der Waals surface area contributed by atoms with E-state index in [4.69, 9.17) is 0 Å². The highest BCUT2D eigenvalue weighted by molar-refractivity contribution is 5.80. The van der Waals surface area contributed by atoms with Crippen molar-refractivity contribution in [3.63, 3.8) is 0 Å². The lowest BCUT2D eigenvalue weighted by Crippen LogP contribution is -2.50. The Hall–Kier alpha value is -1.30. The van der Waals surface area contributed by atoms with Crippen LogP contribution < -0.4 is 5.32 Å². The molecule has 0 bridgehead atoms. The zero-order chi connectivity index (χ0) is 16.0. The van der Waals surface area contributed by atoms with Gasteiger partial charge >= 0.3 is 6.03 Å². The first-order valence-corrected chi connectivity index (χ1v) is 7.79. The van der Waals surface area contributed by atoms with Crippen molar-refractivity contribution in [1.82, 2.24) is 15.1 Å². The molecule has 0 aliphatic carbocycles. The van der Waals surface area contributed by atoms with Crippen LogP contribution in [0.15, 0.2) is 0 Å². The maximum atomic E-state index is 12.2. The number of nitrogens with zero attached hydrogens (tertiary/aromatic N) is 2. The maximum Gasteiger partial charge on any atom is 0.319 e. The lowest BCUT2D eigenvalue weighted by molar-refractivity contribution is -0.127. The second kappa shape index (κ2) is 7.64. The first kappa shape index (κ1) is 17.8. The van der Waals surface area contributed by atoms with Crippen molar-refractivity contribution in [2.45, 2.75) is 45.1 Å². The standard InChI is InChI=1S/C15H29N3O3/c1-5-15(21,6-2)11-16-13(19)12-8-7-9-18(10-12)14(20)17(3)4/h12,21H,5-11H2,1-4H3,(H,16,19). The molecule has 1 aliphatic heterocycles. The first-order chi connectivity index (χ1) is 9.83. The molecule has 0 aromatic carbocycles. The summed E-state index contributed by atoms with van der Waals surface area (Å²) in [7, 11) is 3.43. The van der Waals surface area contributed by atoms with Crippen molar-refractivity contribution < 1.29 is 14.7 Å². The van der Waals surface area contributed by atoms with Crippen molar-refractivity contribution in [2.75, 3.05) is 33.7 Å². The van der Waals surface area contributed by atoms with Gasteiger partial charge in [0, 0.05) is 33.7 Å². The number of aliphatic hydroxyl groups is 1. The predicted molar refractivity (Wildman–Crippen MR) is 81.9 cm³/mol. The molecule has 1 aliphatic rings. The Labute approximate surface area is 127 Å². The minimum absolute atomic E-state index is 0.0499. The summed E-state index contributed by atoms with van der Waals surface area (Å²) in [6.45, 7) is 5.26. The van der Waals surface area contributed by atoms with Gasteiger partial charge in [-0.1, -0.05) is 13.8 Å². The molecule has 3 amide bonds. The molecule has 1 atom stereocenters. The molecule has 6 nitrogen and oxygen atoms in total. The van der Waals surface area contributed by atoms with Crippen molar-refractivity contribution in [1.29, 1.82) is 0 Å². The molecule has 0 radical (unpaired) electrons. The number of hydrogen-bond acceptors (Lipinski definition) is 3. The molecule has 1 saturated heterocycles. The van der Waals surface area contributed by atoms with Gasteiger partial charge in [0.25, 0.3) is 0 Å². The maximum absolute atomic E-state index is 12.2. The third kappa shape index (κ3) is 4.88. The SMILES string of the molecule is CCC(O)(CC)CNC(=O)C1CCCN(C(=O)N(C)C)C1. The Morgan fingerprint density at radius 1 is 1.33 bits per heavy atom. The Morgan fingerprint density at radius 3 is 2.48 bits per heavy atom. The van der Waals surface area contributed by atoms with Crippen LogP contribution in [0.3, 0.4) is 0 Å². The normalized spacial score (nSPS) is 19.3. The van der Waals surface area contributed by atoms with Gasteiger partial charge in [0.1, 0.15) is 0 Å². The Kier molecular flexibility index (Phi) is 6.45. The van der Waals surface area contributed by atoms with Gasteiger partial charge in [-0.25, -0.2) is 4.79 Å². The van der Waals surface area contributed by atoms with Crippen molar-refractivity contribution in [2.24, 2.45) is 5.92 Å². The second-order valence-electron chi connectivity index (χ2n) is 6.11. The lowest BCUT2D eigenvalue weighted by Gasteiger charge is -2.34. The molecule has 0 saturated carbocycles. The summed E-state index contributed by atoms with van der Waals surface area (Å²) in [5.41, 5.74) is -0.830. The van der Waals surface area contributed by atoms with E-state index in [1.807, 2.05) is 13.8 Å². The summed E-state index contributed by atoms with van der Waals surface area (Å²) < 4.78 is 0. The fourth-order valence-electron chi connectivity index (χ4n) is 2.54. The fraction of sp³-hybridized carbons (Fsp3) is 0.867. The van der Waals surface area contributed by atoms with Crippen LogP contribution in [-0.4, -0.2) is 66.2 Å². The molecule has 1 rings (SSSR count). The summed E-state index contributed by atoms with van der Waals surface area (Å²) in [5, 5.41) is 13.0. The van der Waals surface area contributed by atoms with E-state index in [-0.39, 0.29) is 24.4 Å². The number of piperidine rings is 1. The quantitative estimate of drug-likeness (QED) is 0.797. The zero-order valence-electron chi connectivity index (χ0n) is 13.7. The fourth-order valence-corrected chi connectivity index (χ4v) is 2.54. The molecule has 0 aromatic rings. The molecule has 1 unspecified atom stereocenters. The van der Waals surface area contributed by atoms with Gasteiger partial charge in [-0.3, -0.25) is 4.79 Å². The van der Waals surface area contributed by atoms with Crippen molar-refractivity contribution >= 4 is 11.9 Å². The molecule has 1 heterocycles. The molecule has 0 spiro atoms. The van der Waals surface area contributed by atoms with Crippen LogP contribution in [0.1, 0.15) is 39.5 Å². The van der Waals surface area contributed by atoms with Crippen LogP contribution >= 0.6 is 0 Å². The minimum Gasteiger partial charge on any atom is -0.388 e. The number of rotatable bonds is 5. The Balaban J connectivity index is 2.53. The van der Waals surface area contributed by atoms with E-state index in [9.17, 15) is 14.7 Å². The lowest BCUT2D eigenvalue weighted by atomic mass is 9.95. The monoisotopic (exact) mass is 299 g/mol. The number of amides is 3. The molecular formula is C15H29N3O3. The molecule has 1 fully saturated rings. The third-order valence-electron chi connectivity index (χ3n) is 4.35. The van der Waals surface area contributed by atoms with Crippen molar-refractivity contribution in [3.05, 3.63) is 0 Å². The number of likely N-dealkylation sites (tertiary alicyclic amines) is 1. The van der Waals surface area contributed by atoms with E-state index in [2.05, 4.69) is 5.32 Å². The van der Waals surface area contributed by atoms with E-state index >= 15 is 0 Å². The third-order valence-corrected chi connectivity index (χ3v) is 4.35. The topological polar surface area (TPSA) is 72.9 Å². The molecule has 0 aromatic heterocycles. The van der Waals surface area contributed by atoms with E-state index in [1.165, 1.54) is 4.90 Å². The largest absolute Gasteiger partial charge is 0.388 e. The zero-order valence-corrected chi connectivity index (χ0v) is 13.7. The van der Waals surface area contributed by atoms with E-state index in [0.29, 0.717) is 25.9 Å². The van der Waals surface area contributed by atoms with E-state index < -0.39 is 5.60 Å². The second-order valence-corrected chi connectivity index (χ2v) is 6.11. The molecule has 6 heteroatoms. The van der Waals surface area contributed by atoms with Gasteiger partial charge in [-0.15, -0.1) is 0 Å². The van der Waals surface area contributed by atoms with E-state index in [1.54, 1.807) is 19.0 Å². The molecule has 2 N–H and O–H groups in total. The number of nitrogens with one attached hydrogen (secondary N) is 1. The molecule has 21 heavy (non-hydrogen) atoms. The predicted octanol–water partition coefficient (Wildman–Crippen LogP) is 1.05. The average molecular weight is 299 g/mol. The summed E-state index contributed by atoms with van der Waals surface area (Å²) in [6.07, 6.45) is 2.85. The molecule has 122 valence electrons. The van der Waals surface area contributed by atoms with Gasteiger partial charge in [0.05, 0.1) is 11.5 Å². The summed E-state index contributed by atoms with van der Waals surface area (Å²) >= 11 is 0. The average Bonchev–Trinajstić information content (AvgIpc) is 2.51. The Morgan fingerprint density at radius 2 is 1.95 bits per heavy atom. The smallest absolute Gasteiger partial charge is 0.319 e. The van der Waals surface area contributed by atoms with Crippen LogP contribution in [0.25, 0.3) is 0 Å². The van der Waals surface area contributed by atoms with Crippen LogP contribution in [0, 0.1) is 5.92 Å². The first-order valence-electron chi connectivity index (χ1n) is 7.79. The minimum atomic E-state index is -0.830. The Bertz CT molecular complexity index is 367. The van der Waals surface area contributed by atoms with Crippen LogP contribution in [-0.2, 0) is 4.79 Å². The van der Waals surface area contributed by atoms with Gasteiger partial charge in [-0.05, 0) is 25.7 Å². The highest BCUT2D eigenvalue weighted by Gasteiger charge is 2.30. The van der Waals surface area contributed by atoms with E-state index in [0.717, 1.165) is 12.8 Å². The highest BCUT2D eigenvalue weighted by atomic mass is 16.3. The van der Waals surface area contributed by atoms with Crippen LogP contribution in [0.2, 0.25) is 0 Å². The summed E-state index contributed by atoms with van der Waals surface area (Å²) in [4.78, 5) is 27.5. The van der Waals surface area contributed by atoms with Gasteiger partial charge in [0.2, 0.25) is 5.91 Å². The van der Waals surface area contributed by atoms with Gasteiger partial charge in [-0.2, -0.15) is 0 Å². The van der Waals surface area contributed by atoms with Crippen LogP contribution in [0.5, 0.6) is 0 Å². The summed E-state index contributed by atoms with van der Waals surface area (Å²) in [6, 6.07) is -0.0499. The number of carbonyl (C=O) groups excluding carboxylic acids is 2. The number of urea groups is 1.